The molecule has 0 aliphatic heterocycles. The predicted octanol–water partition coefficient (Wildman–Crippen LogP) is 3.65. The molecule has 102 valence electrons. The Morgan fingerprint density at radius 2 is 2.00 bits per heavy atom. The van der Waals surface area contributed by atoms with E-state index in [0.717, 1.165) is 11.4 Å². The first kappa shape index (κ1) is 13.6. The maximum Gasteiger partial charge on any atom is 0.123 e. The molecule has 0 spiro atoms. The Balaban J connectivity index is 1.95. The number of nitrogens with zero attached hydrogens (tertiary/aromatic N) is 3. The SMILES string of the molecule is CCCCCC(C)Nc1cccc(-n2cnnc2)c1. The first-order valence-corrected chi connectivity index (χ1v) is 7.01. The van der Waals surface area contributed by atoms with Gasteiger partial charge in [-0.2, -0.15) is 0 Å². The summed E-state index contributed by atoms with van der Waals surface area (Å²) in [5, 5.41) is 11.2. The number of aromatic nitrogens is 3. The topological polar surface area (TPSA) is 42.7 Å². The van der Waals surface area contributed by atoms with Crippen molar-refractivity contribution in [1.82, 2.24) is 14.8 Å². The van der Waals surface area contributed by atoms with Gasteiger partial charge in [0.15, 0.2) is 0 Å². The van der Waals surface area contributed by atoms with E-state index in [4.69, 9.17) is 0 Å². The Morgan fingerprint density at radius 3 is 2.74 bits per heavy atom. The number of hydrogen-bond acceptors (Lipinski definition) is 3. The number of nitrogens with one attached hydrogen (secondary N) is 1. The van der Waals surface area contributed by atoms with Gasteiger partial charge < -0.3 is 5.32 Å². The van der Waals surface area contributed by atoms with Crippen molar-refractivity contribution in [2.75, 3.05) is 5.32 Å². The van der Waals surface area contributed by atoms with Gasteiger partial charge in [0.2, 0.25) is 0 Å². The van der Waals surface area contributed by atoms with Crippen LogP contribution in [-0.4, -0.2) is 20.8 Å². The smallest absolute Gasteiger partial charge is 0.123 e. The van der Waals surface area contributed by atoms with Crippen molar-refractivity contribution in [2.24, 2.45) is 0 Å². The van der Waals surface area contributed by atoms with E-state index in [1.807, 2.05) is 4.57 Å². The van der Waals surface area contributed by atoms with Crippen molar-refractivity contribution in [3.8, 4) is 5.69 Å². The highest BCUT2D eigenvalue weighted by molar-refractivity contribution is 5.51. The molecule has 0 fully saturated rings. The molecule has 2 aromatic rings. The standard InChI is InChI=1S/C15H22N4/c1-3-4-5-7-13(2)18-14-8-6-9-15(10-14)19-11-16-17-12-19/h6,8-13,18H,3-5,7H2,1-2H3. The van der Waals surface area contributed by atoms with E-state index in [0.29, 0.717) is 6.04 Å². The molecule has 4 heteroatoms. The molecule has 4 nitrogen and oxygen atoms in total. The minimum absolute atomic E-state index is 0.503. The third kappa shape index (κ3) is 4.09. The van der Waals surface area contributed by atoms with E-state index in [2.05, 4.69) is 53.6 Å². The highest BCUT2D eigenvalue weighted by Crippen LogP contribution is 2.16. The van der Waals surface area contributed by atoms with E-state index >= 15 is 0 Å². The molecule has 0 saturated heterocycles. The maximum absolute atomic E-state index is 3.83. The number of anilines is 1. The second-order valence-electron chi connectivity index (χ2n) is 4.96. The largest absolute Gasteiger partial charge is 0.383 e. The minimum atomic E-state index is 0.503. The van der Waals surface area contributed by atoms with Crippen molar-refractivity contribution in [3.05, 3.63) is 36.9 Å². The van der Waals surface area contributed by atoms with Gasteiger partial charge in [0, 0.05) is 11.7 Å². The number of benzene rings is 1. The number of hydrogen-bond donors (Lipinski definition) is 1. The summed E-state index contributed by atoms with van der Waals surface area (Å²) in [4.78, 5) is 0. The summed E-state index contributed by atoms with van der Waals surface area (Å²) in [6.45, 7) is 4.47. The molecule has 1 aromatic carbocycles. The first-order valence-electron chi connectivity index (χ1n) is 7.01. The summed E-state index contributed by atoms with van der Waals surface area (Å²) < 4.78 is 1.91. The normalized spacial score (nSPS) is 12.3. The number of unbranched alkanes of at least 4 members (excludes halogenated alkanes) is 2. The molecule has 0 aliphatic rings. The minimum Gasteiger partial charge on any atom is -0.383 e. The molecule has 0 amide bonds. The fourth-order valence-corrected chi connectivity index (χ4v) is 2.15. The van der Waals surface area contributed by atoms with Crippen molar-refractivity contribution in [1.29, 1.82) is 0 Å². The fraction of sp³-hybridized carbons (Fsp3) is 0.467. The monoisotopic (exact) mass is 258 g/mol. The molecular weight excluding hydrogens is 236 g/mol. The van der Waals surface area contributed by atoms with E-state index in [1.54, 1.807) is 12.7 Å². The van der Waals surface area contributed by atoms with E-state index in [9.17, 15) is 0 Å². The predicted molar refractivity (Wildman–Crippen MR) is 78.6 cm³/mol. The Morgan fingerprint density at radius 1 is 1.21 bits per heavy atom. The Kier molecular flexibility index (Phi) is 4.95. The summed E-state index contributed by atoms with van der Waals surface area (Å²) in [5.74, 6) is 0. The van der Waals surface area contributed by atoms with Gasteiger partial charge >= 0.3 is 0 Å². The molecule has 0 radical (unpaired) electrons. The summed E-state index contributed by atoms with van der Waals surface area (Å²) in [7, 11) is 0. The third-order valence-electron chi connectivity index (χ3n) is 3.22. The average Bonchev–Trinajstić information content (AvgIpc) is 2.93. The zero-order valence-corrected chi connectivity index (χ0v) is 11.7. The van der Waals surface area contributed by atoms with Gasteiger partial charge in [0.05, 0.1) is 5.69 Å². The van der Waals surface area contributed by atoms with Crippen molar-refractivity contribution >= 4 is 5.69 Å². The fourth-order valence-electron chi connectivity index (χ4n) is 2.15. The van der Waals surface area contributed by atoms with Crippen LogP contribution in [0.15, 0.2) is 36.9 Å². The van der Waals surface area contributed by atoms with Crippen molar-refractivity contribution < 1.29 is 0 Å². The molecule has 1 unspecified atom stereocenters. The molecule has 0 aliphatic carbocycles. The van der Waals surface area contributed by atoms with E-state index < -0.39 is 0 Å². The number of rotatable bonds is 7. The molecule has 1 heterocycles. The maximum atomic E-state index is 3.83. The van der Waals surface area contributed by atoms with Crippen LogP contribution in [0.3, 0.4) is 0 Å². The second-order valence-corrected chi connectivity index (χ2v) is 4.96. The molecule has 19 heavy (non-hydrogen) atoms. The van der Waals surface area contributed by atoms with Gasteiger partial charge in [-0.3, -0.25) is 4.57 Å². The molecule has 1 N–H and O–H groups in total. The van der Waals surface area contributed by atoms with Crippen LogP contribution in [0.5, 0.6) is 0 Å². The van der Waals surface area contributed by atoms with Crippen LogP contribution in [0.1, 0.15) is 39.5 Å². The lowest BCUT2D eigenvalue weighted by molar-refractivity contribution is 0.615. The summed E-state index contributed by atoms with van der Waals surface area (Å²) >= 11 is 0. The van der Waals surface area contributed by atoms with Crippen LogP contribution in [0, 0.1) is 0 Å². The zero-order chi connectivity index (χ0) is 13.5. The lowest BCUT2D eigenvalue weighted by Gasteiger charge is -2.15. The van der Waals surface area contributed by atoms with Crippen molar-refractivity contribution in [3.63, 3.8) is 0 Å². The first-order chi connectivity index (χ1) is 9.29. The Hall–Kier alpha value is -1.84. The van der Waals surface area contributed by atoms with E-state index in [1.165, 1.54) is 25.7 Å². The highest BCUT2D eigenvalue weighted by atomic mass is 15.2. The zero-order valence-electron chi connectivity index (χ0n) is 11.7. The molecule has 0 saturated carbocycles. The van der Waals surface area contributed by atoms with Gasteiger partial charge in [-0.05, 0) is 31.5 Å². The third-order valence-corrected chi connectivity index (χ3v) is 3.22. The Labute approximate surface area is 114 Å². The quantitative estimate of drug-likeness (QED) is 0.771. The highest BCUT2D eigenvalue weighted by Gasteiger charge is 2.03. The van der Waals surface area contributed by atoms with Gasteiger partial charge in [-0.1, -0.05) is 32.3 Å². The van der Waals surface area contributed by atoms with Crippen LogP contribution in [0.2, 0.25) is 0 Å². The summed E-state index contributed by atoms with van der Waals surface area (Å²) in [6, 6.07) is 8.83. The van der Waals surface area contributed by atoms with Gasteiger partial charge in [-0.25, -0.2) is 0 Å². The summed E-state index contributed by atoms with van der Waals surface area (Å²) in [6.07, 6.45) is 8.51. The van der Waals surface area contributed by atoms with Crippen LogP contribution >= 0.6 is 0 Å². The summed E-state index contributed by atoms with van der Waals surface area (Å²) in [5.41, 5.74) is 2.23. The molecule has 0 bridgehead atoms. The molecule has 1 atom stereocenters. The van der Waals surface area contributed by atoms with Crippen LogP contribution in [-0.2, 0) is 0 Å². The van der Waals surface area contributed by atoms with Crippen LogP contribution in [0.4, 0.5) is 5.69 Å². The van der Waals surface area contributed by atoms with E-state index in [-0.39, 0.29) is 0 Å². The van der Waals surface area contributed by atoms with Gasteiger partial charge in [0.25, 0.3) is 0 Å². The van der Waals surface area contributed by atoms with Crippen LogP contribution < -0.4 is 5.32 Å². The van der Waals surface area contributed by atoms with Gasteiger partial charge in [-0.15, -0.1) is 10.2 Å². The van der Waals surface area contributed by atoms with Crippen molar-refractivity contribution in [2.45, 2.75) is 45.6 Å². The average molecular weight is 258 g/mol. The molecule has 2 rings (SSSR count). The lowest BCUT2D eigenvalue weighted by atomic mass is 10.1. The Bertz CT molecular complexity index is 479. The second kappa shape index (κ2) is 6.92. The van der Waals surface area contributed by atoms with Gasteiger partial charge in [0.1, 0.15) is 12.7 Å². The molecule has 1 aromatic heterocycles. The van der Waals surface area contributed by atoms with Crippen LogP contribution in [0.25, 0.3) is 5.69 Å². The lowest BCUT2D eigenvalue weighted by Crippen LogP contribution is -2.14. The molecular formula is C15H22N4.